The van der Waals surface area contributed by atoms with Gasteiger partial charge in [-0.05, 0) is 31.0 Å². The van der Waals surface area contributed by atoms with Crippen molar-refractivity contribution in [2.24, 2.45) is 0 Å². The minimum absolute atomic E-state index is 0.00279. The molecule has 6 nitrogen and oxygen atoms in total. The van der Waals surface area contributed by atoms with Gasteiger partial charge >= 0.3 is 0 Å². The number of fused-ring (bicyclic) bond motifs is 1. The van der Waals surface area contributed by atoms with E-state index in [0.717, 1.165) is 30.7 Å². The van der Waals surface area contributed by atoms with E-state index in [1.165, 1.54) is 6.33 Å². The lowest BCUT2D eigenvalue weighted by atomic mass is 10.2. The van der Waals surface area contributed by atoms with E-state index >= 15 is 0 Å². The largest absolute Gasteiger partial charge is 0.328 e. The number of rotatable bonds is 2. The highest BCUT2D eigenvalue weighted by Gasteiger charge is 2.32. The molecule has 1 atom stereocenters. The highest BCUT2D eigenvalue weighted by atomic mass is 16.2. The molecule has 106 valence electrons. The SMILES string of the molecule is O=C(c1cc2ccccn2c1)N1CCC[C@@H]1c1ncn[nH]1. The zero-order valence-corrected chi connectivity index (χ0v) is 11.4. The van der Waals surface area contributed by atoms with Crippen LogP contribution in [0, 0.1) is 0 Å². The molecule has 1 amide bonds. The molecule has 1 saturated heterocycles. The van der Waals surface area contributed by atoms with Crippen LogP contribution >= 0.6 is 0 Å². The Balaban J connectivity index is 1.67. The zero-order chi connectivity index (χ0) is 14.2. The number of hydrogen-bond donors (Lipinski definition) is 1. The number of carbonyl (C=O) groups excluding carboxylic acids is 1. The molecule has 0 spiro atoms. The minimum atomic E-state index is 0.00279. The molecule has 0 bridgehead atoms. The van der Waals surface area contributed by atoms with Crippen LogP contribution in [0.1, 0.15) is 35.1 Å². The number of carbonyl (C=O) groups is 1. The van der Waals surface area contributed by atoms with E-state index in [-0.39, 0.29) is 11.9 Å². The summed E-state index contributed by atoms with van der Waals surface area (Å²) in [5.74, 6) is 0.821. The van der Waals surface area contributed by atoms with Gasteiger partial charge in [0.2, 0.25) is 0 Å². The van der Waals surface area contributed by atoms with Crippen LogP contribution in [0.4, 0.5) is 0 Å². The average molecular weight is 281 g/mol. The van der Waals surface area contributed by atoms with E-state index in [0.29, 0.717) is 5.56 Å². The Labute approximate surface area is 121 Å². The third-order valence-corrected chi connectivity index (χ3v) is 4.01. The fourth-order valence-corrected chi connectivity index (χ4v) is 3.01. The number of hydrogen-bond acceptors (Lipinski definition) is 3. The topological polar surface area (TPSA) is 66.3 Å². The zero-order valence-electron chi connectivity index (χ0n) is 11.4. The Morgan fingerprint density at radius 3 is 3.14 bits per heavy atom. The van der Waals surface area contributed by atoms with E-state index < -0.39 is 0 Å². The van der Waals surface area contributed by atoms with Crippen LogP contribution in [-0.2, 0) is 0 Å². The second-order valence-electron chi connectivity index (χ2n) is 5.29. The maximum Gasteiger partial charge on any atom is 0.256 e. The van der Waals surface area contributed by atoms with Gasteiger partial charge in [-0.25, -0.2) is 4.98 Å². The van der Waals surface area contributed by atoms with E-state index in [1.807, 2.05) is 46.0 Å². The highest BCUT2D eigenvalue weighted by Crippen LogP contribution is 2.31. The Morgan fingerprint density at radius 2 is 2.33 bits per heavy atom. The van der Waals surface area contributed by atoms with Gasteiger partial charge in [0.05, 0.1) is 11.6 Å². The number of likely N-dealkylation sites (tertiary alicyclic amines) is 1. The van der Waals surface area contributed by atoms with Crippen molar-refractivity contribution in [3.8, 4) is 0 Å². The summed E-state index contributed by atoms with van der Waals surface area (Å²) in [4.78, 5) is 18.9. The third kappa shape index (κ3) is 1.99. The van der Waals surface area contributed by atoms with Crippen molar-refractivity contribution in [2.75, 3.05) is 6.54 Å². The minimum Gasteiger partial charge on any atom is -0.328 e. The summed E-state index contributed by atoms with van der Waals surface area (Å²) in [5.41, 5.74) is 1.74. The molecule has 1 aliphatic rings. The number of amides is 1. The van der Waals surface area contributed by atoms with Gasteiger partial charge in [-0.15, -0.1) is 0 Å². The third-order valence-electron chi connectivity index (χ3n) is 4.01. The first kappa shape index (κ1) is 12.1. The molecule has 21 heavy (non-hydrogen) atoms. The van der Waals surface area contributed by atoms with Gasteiger partial charge in [-0.1, -0.05) is 6.07 Å². The lowest BCUT2D eigenvalue weighted by Gasteiger charge is -2.22. The fraction of sp³-hybridized carbons (Fsp3) is 0.267. The Kier molecular flexibility index (Phi) is 2.73. The lowest BCUT2D eigenvalue weighted by Crippen LogP contribution is -2.30. The summed E-state index contributed by atoms with van der Waals surface area (Å²) < 4.78 is 1.97. The number of pyridine rings is 1. The number of H-pyrrole nitrogens is 1. The molecule has 6 heteroatoms. The molecule has 0 radical (unpaired) electrons. The highest BCUT2D eigenvalue weighted by molar-refractivity contribution is 5.96. The van der Waals surface area contributed by atoms with Gasteiger partial charge in [-0.2, -0.15) is 5.10 Å². The van der Waals surface area contributed by atoms with Crippen molar-refractivity contribution < 1.29 is 4.79 Å². The summed E-state index contributed by atoms with van der Waals surface area (Å²) in [6, 6.07) is 7.85. The molecule has 0 unspecified atom stereocenters. The summed E-state index contributed by atoms with van der Waals surface area (Å²) >= 11 is 0. The molecule has 4 heterocycles. The lowest BCUT2D eigenvalue weighted by molar-refractivity contribution is 0.0730. The van der Waals surface area contributed by atoms with Crippen LogP contribution in [0.3, 0.4) is 0 Å². The average Bonchev–Trinajstić information content (AvgIpc) is 3.23. The molecule has 1 aliphatic heterocycles. The molecule has 0 aromatic carbocycles. The molecule has 4 rings (SSSR count). The smallest absolute Gasteiger partial charge is 0.256 e. The Bertz CT molecular complexity index is 743. The summed E-state index contributed by atoms with van der Waals surface area (Å²) in [5, 5.41) is 6.77. The molecule has 1 fully saturated rings. The van der Waals surface area contributed by atoms with Gasteiger partial charge in [0, 0.05) is 24.5 Å². The van der Waals surface area contributed by atoms with Gasteiger partial charge in [0.25, 0.3) is 5.91 Å². The molecule has 3 aromatic rings. The Hall–Kier alpha value is -2.63. The van der Waals surface area contributed by atoms with Crippen molar-refractivity contribution in [2.45, 2.75) is 18.9 Å². The maximum absolute atomic E-state index is 12.8. The molecular weight excluding hydrogens is 266 g/mol. The van der Waals surface area contributed by atoms with Crippen molar-refractivity contribution in [1.29, 1.82) is 0 Å². The second kappa shape index (κ2) is 4.73. The van der Waals surface area contributed by atoms with Crippen LogP contribution in [-0.4, -0.2) is 36.9 Å². The van der Waals surface area contributed by atoms with E-state index in [1.54, 1.807) is 0 Å². The standard InChI is InChI=1S/C15H15N5O/c21-15(11-8-12-4-1-2-6-19(12)9-11)20-7-3-5-13(20)14-16-10-17-18-14/h1-2,4,6,8-10,13H,3,5,7H2,(H,16,17,18)/t13-/m1/s1. The van der Waals surface area contributed by atoms with E-state index in [2.05, 4.69) is 15.2 Å². The molecular formula is C15H15N5O. The summed E-state index contributed by atoms with van der Waals surface area (Å²) in [6.45, 7) is 0.760. The molecule has 0 saturated carbocycles. The monoisotopic (exact) mass is 281 g/mol. The Morgan fingerprint density at radius 1 is 1.38 bits per heavy atom. The number of aromatic nitrogens is 4. The number of nitrogens with one attached hydrogen (secondary N) is 1. The first-order valence-electron chi connectivity index (χ1n) is 7.06. The van der Waals surface area contributed by atoms with Crippen LogP contribution in [0.5, 0.6) is 0 Å². The molecule has 1 N–H and O–H groups in total. The van der Waals surface area contributed by atoms with Crippen LogP contribution in [0.2, 0.25) is 0 Å². The van der Waals surface area contributed by atoms with Gasteiger partial charge in [0.15, 0.2) is 0 Å². The normalized spacial score (nSPS) is 18.5. The second-order valence-corrected chi connectivity index (χ2v) is 5.29. The fourth-order valence-electron chi connectivity index (χ4n) is 3.01. The van der Waals surface area contributed by atoms with Crippen molar-refractivity contribution in [3.05, 3.63) is 54.4 Å². The van der Waals surface area contributed by atoms with Crippen molar-refractivity contribution in [1.82, 2.24) is 24.5 Å². The van der Waals surface area contributed by atoms with Gasteiger partial charge < -0.3 is 9.30 Å². The first-order valence-corrected chi connectivity index (χ1v) is 7.06. The first-order chi connectivity index (χ1) is 10.3. The van der Waals surface area contributed by atoms with Crippen LogP contribution < -0.4 is 0 Å². The number of aromatic amines is 1. The predicted octanol–water partition coefficient (Wildman–Crippen LogP) is 2.03. The molecule has 3 aromatic heterocycles. The van der Waals surface area contributed by atoms with Crippen LogP contribution in [0.15, 0.2) is 43.0 Å². The maximum atomic E-state index is 12.8. The predicted molar refractivity (Wildman–Crippen MR) is 76.8 cm³/mol. The number of nitrogens with zero attached hydrogens (tertiary/aromatic N) is 4. The van der Waals surface area contributed by atoms with Gasteiger partial charge in [-0.3, -0.25) is 9.89 Å². The van der Waals surface area contributed by atoms with Crippen molar-refractivity contribution in [3.63, 3.8) is 0 Å². The quantitative estimate of drug-likeness (QED) is 0.781. The molecule has 0 aliphatic carbocycles. The van der Waals surface area contributed by atoms with E-state index in [9.17, 15) is 4.79 Å². The van der Waals surface area contributed by atoms with E-state index in [4.69, 9.17) is 0 Å². The van der Waals surface area contributed by atoms with Crippen molar-refractivity contribution >= 4 is 11.4 Å². The van der Waals surface area contributed by atoms with Gasteiger partial charge in [0.1, 0.15) is 12.2 Å². The summed E-state index contributed by atoms with van der Waals surface area (Å²) in [6.07, 6.45) is 7.24. The van der Waals surface area contributed by atoms with Crippen LogP contribution in [0.25, 0.3) is 5.52 Å². The summed E-state index contributed by atoms with van der Waals surface area (Å²) in [7, 11) is 0.